The first-order valence-corrected chi connectivity index (χ1v) is 7.42. The Bertz CT molecular complexity index is 461. The maximum atomic E-state index is 12.0. The van der Waals surface area contributed by atoms with Crippen LogP contribution in [0.4, 0.5) is 0 Å². The van der Waals surface area contributed by atoms with E-state index in [0.29, 0.717) is 13.1 Å². The summed E-state index contributed by atoms with van der Waals surface area (Å²) in [5.74, 6) is 0.177. The summed E-state index contributed by atoms with van der Waals surface area (Å²) >= 11 is 4.78. The van der Waals surface area contributed by atoms with Crippen molar-refractivity contribution in [1.29, 1.82) is 0 Å². The van der Waals surface area contributed by atoms with Crippen molar-refractivity contribution in [3.63, 3.8) is 0 Å². The van der Waals surface area contributed by atoms with Crippen LogP contribution in [-0.2, 0) is 4.79 Å². The summed E-state index contributed by atoms with van der Waals surface area (Å²) in [6, 6.07) is 3.70. The molecule has 0 N–H and O–H groups in total. The first-order valence-electron chi connectivity index (χ1n) is 5.81. The molecule has 0 aliphatic carbocycles. The highest BCUT2D eigenvalue weighted by atomic mass is 79.9. The molecule has 1 aromatic heterocycles. The topological polar surface area (TPSA) is 40.6 Å². The number of rotatable bonds is 3. The second-order valence-corrected chi connectivity index (χ2v) is 6.87. The number of amides is 1. The molecule has 2 rings (SSSR count). The third-order valence-electron chi connectivity index (χ3n) is 2.97. The quantitative estimate of drug-likeness (QED) is 0.794. The molecule has 0 aromatic carbocycles. The molecule has 4 nitrogen and oxygen atoms in total. The monoisotopic (exact) mass is 330 g/mol. The molecule has 1 aliphatic heterocycles. The van der Waals surface area contributed by atoms with E-state index in [9.17, 15) is 9.59 Å². The number of nitrogens with zero attached hydrogens (tertiary/aromatic N) is 2. The summed E-state index contributed by atoms with van der Waals surface area (Å²) in [4.78, 5) is 28.2. The van der Waals surface area contributed by atoms with E-state index in [1.165, 1.54) is 11.3 Å². The number of carbonyl (C=O) groups is 2. The van der Waals surface area contributed by atoms with E-state index in [-0.39, 0.29) is 11.7 Å². The van der Waals surface area contributed by atoms with Crippen molar-refractivity contribution in [3.8, 4) is 0 Å². The molecule has 0 saturated carbocycles. The largest absolute Gasteiger partial charge is 0.345 e. The number of halogens is 1. The zero-order chi connectivity index (χ0) is 13.1. The summed E-state index contributed by atoms with van der Waals surface area (Å²) < 4.78 is 0.956. The van der Waals surface area contributed by atoms with Gasteiger partial charge in [0.05, 0.1) is 21.8 Å². The number of ketones is 1. The average molecular weight is 331 g/mol. The van der Waals surface area contributed by atoms with E-state index in [1.807, 2.05) is 24.1 Å². The summed E-state index contributed by atoms with van der Waals surface area (Å²) in [6.45, 7) is 2.24. The number of carbonyl (C=O) groups excluding carboxylic acids is 2. The SMILES string of the molecule is CN1CCCN(CC(=O)c2ccc(Br)s2)CC1=O. The Hall–Kier alpha value is -0.720. The van der Waals surface area contributed by atoms with Crippen molar-refractivity contribution < 1.29 is 9.59 Å². The molecule has 98 valence electrons. The molecule has 0 radical (unpaired) electrons. The molecule has 1 amide bonds. The normalized spacial score (nSPS) is 17.9. The minimum absolute atomic E-state index is 0.0862. The zero-order valence-electron chi connectivity index (χ0n) is 10.2. The number of likely N-dealkylation sites (N-methyl/N-ethyl adjacent to an activating group) is 1. The molecule has 6 heteroatoms. The Morgan fingerprint density at radius 1 is 1.44 bits per heavy atom. The van der Waals surface area contributed by atoms with Gasteiger partial charge in [-0.05, 0) is 34.5 Å². The molecule has 1 aromatic rings. The van der Waals surface area contributed by atoms with Gasteiger partial charge in [-0.15, -0.1) is 11.3 Å². The van der Waals surface area contributed by atoms with E-state index in [0.717, 1.165) is 28.2 Å². The summed E-state index contributed by atoms with van der Waals surface area (Å²) in [7, 11) is 1.81. The second-order valence-electron chi connectivity index (χ2n) is 4.41. The Morgan fingerprint density at radius 3 is 2.89 bits per heavy atom. The van der Waals surface area contributed by atoms with Crippen molar-refractivity contribution >= 4 is 39.0 Å². The predicted octanol–water partition coefficient (Wildman–Crippen LogP) is 1.86. The molecule has 0 unspecified atom stereocenters. The first-order chi connectivity index (χ1) is 8.56. The minimum Gasteiger partial charge on any atom is -0.345 e. The summed E-state index contributed by atoms with van der Waals surface area (Å²) in [5, 5.41) is 0. The molecule has 0 bridgehead atoms. The molecule has 1 aliphatic rings. The van der Waals surface area contributed by atoms with Crippen LogP contribution in [0.15, 0.2) is 15.9 Å². The molecule has 1 fully saturated rings. The van der Waals surface area contributed by atoms with Crippen molar-refractivity contribution in [1.82, 2.24) is 9.80 Å². The fourth-order valence-electron chi connectivity index (χ4n) is 1.93. The van der Waals surface area contributed by atoms with Gasteiger partial charge in [-0.3, -0.25) is 14.5 Å². The lowest BCUT2D eigenvalue weighted by Crippen LogP contribution is -2.37. The summed E-state index contributed by atoms with van der Waals surface area (Å²) in [6.07, 6.45) is 0.920. The Labute approximate surface area is 119 Å². The van der Waals surface area contributed by atoms with Crippen LogP contribution in [-0.4, -0.2) is 54.7 Å². The Morgan fingerprint density at radius 2 is 2.22 bits per heavy atom. The highest BCUT2D eigenvalue weighted by Gasteiger charge is 2.21. The third-order valence-corrected chi connectivity index (χ3v) is 4.63. The lowest BCUT2D eigenvalue weighted by Gasteiger charge is -2.17. The second kappa shape index (κ2) is 5.95. The smallest absolute Gasteiger partial charge is 0.236 e. The van der Waals surface area contributed by atoms with Gasteiger partial charge in [-0.1, -0.05) is 0 Å². The van der Waals surface area contributed by atoms with E-state index in [2.05, 4.69) is 15.9 Å². The van der Waals surface area contributed by atoms with Gasteiger partial charge in [0.25, 0.3) is 0 Å². The van der Waals surface area contributed by atoms with Crippen molar-refractivity contribution in [2.45, 2.75) is 6.42 Å². The van der Waals surface area contributed by atoms with Gasteiger partial charge in [0.2, 0.25) is 5.91 Å². The maximum Gasteiger partial charge on any atom is 0.236 e. The van der Waals surface area contributed by atoms with E-state index >= 15 is 0 Å². The number of hydrogen-bond donors (Lipinski definition) is 0. The highest BCUT2D eigenvalue weighted by molar-refractivity contribution is 9.11. The van der Waals surface area contributed by atoms with Crippen molar-refractivity contribution in [2.24, 2.45) is 0 Å². The van der Waals surface area contributed by atoms with Crippen LogP contribution in [0.1, 0.15) is 16.1 Å². The van der Waals surface area contributed by atoms with Crippen LogP contribution in [0, 0.1) is 0 Å². The van der Waals surface area contributed by atoms with Crippen molar-refractivity contribution in [2.75, 3.05) is 33.2 Å². The van der Waals surface area contributed by atoms with Crippen LogP contribution >= 0.6 is 27.3 Å². The van der Waals surface area contributed by atoms with E-state index in [1.54, 1.807) is 4.90 Å². The van der Waals surface area contributed by atoms with E-state index in [4.69, 9.17) is 0 Å². The van der Waals surface area contributed by atoms with Gasteiger partial charge in [-0.25, -0.2) is 0 Å². The lowest BCUT2D eigenvalue weighted by atomic mass is 10.3. The zero-order valence-corrected chi connectivity index (χ0v) is 12.6. The molecular weight excluding hydrogens is 316 g/mol. The fraction of sp³-hybridized carbons (Fsp3) is 0.500. The molecule has 0 atom stereocenters. The van der Waals surface area contributed by atoms with Gasteiger partial charge >= 0.3 is 0 Å². The molecule has 0 spiro atoms. The van der Waals surface area contributed by atoms with Gasteiger partial charge in [0.1, 0.15) is 0 Å². The number of thiophene rings is 1. The third kappa shape index (κ3) is 3.40. The minimum atomic E-state index is 0.0862. The number of hydrogen-bond acceptors (Lipinski definition) is 4. The Kier molecular flexibility index (Phi) is 4.53. The predicted molar refractivity (Wildman–Crippen MR) is 75.0 cm³/mol. The van der Waals surface area contributed by atoms with Gasteiger partial charge in [0.15, 0.2) is 5.78 Å². The number of Topliss-reactive ketones (excluding diaryl/α,β-unsaturated/α-hetero) is 1. The van der Waals surface area contributed by atoms with Crippen LogP contribution in [0.5, 0.6) is 0 Å². The maximum absolute atomic E-state index is 12.0. The standard InChI is InChI=1S/C12H15BrN2O2S/c1-14-5-2-6-15(8-12(14)17)7-9(16)10-3-4-11(13)18-10/h3-4H,2,5-8H2,1H3. The average Bonchev–Trinajstić information content (AvgIpc) is 2.68. The van der Waals surface area contributed by atoms with E-state index < -0.39 is 0 Å². The van der Waals surface area contributed by atoms with Gasteiger partial charge < -0.3 is 4.90 Å². The Balaban J connectivity index is 1.96. The summed E-state index contributed by atoms with van der Waals surface area (Å²) in [5.41, 5.74) is 0. The van der Waals surface area contributed by atoms with Crippen molar-refractivity contribution in [3.05, 3.63) is 20.8 Å². The van der Waals surface area contributed by atoms with Crippen LogP contribution in [0.25, 0.3) is 0 Å². The molecular formula is C12H15BrN2O2S. The fourth-order valence-corrected chi connectivity index (χ4v) is 3.24. The lowest BCUT2D eigenvalue weighted by molar-refractivity contribution is -0.129. The molecule has 2 heterocycles. The van der Waals surface area contributed by atoms with Gasteiger partial charge in [0, 0.05) is 20.1 Å². The van der Waals surface area contributed by atoms with Crippen LogP contribution in [0.3, 0.4) is 0 Å². The van der Waals surface area contributed by atoms with Gasteiger partial charge in [-0.2, -0.15) is 0 Å². The molecule has 18 heavy (non-hydrogen) atoms. The highest BCUT2D eigenvalue weighted by Crippen LogP contribution is 2.22. The van der Waals surface area contributed by atoms with Crippen LogP contribution in [0.2, 0.25) is 0 Å². The molecule has 1 saturated heterocycles. The van der Waals surface area contributed by atoms with Crippen LogP contribution < -0.4 is 0 Å². The first kappa shape index (κ1) is 13.7.